The van der Waals surface area contributed by atoms with Crippen LogP contribution in [0.15, 0.2) is 41.1 Å². The zero-order valence-corrected chi connectivity index (χ0v) is 19.3. The Hall–Kier alpha value is -3.99. The molecule has 0 unspecified atom stereocenters. The Labute approximate surface area is 203 Å². The van der Waals surface area contributed by atoms with Gasteiger partial charge in [0.25, 0.3) is 5.91 Å². The van der Waals surface area contributed by atoms with Crippen molar-refractivity contribution in [3.05, 3.63) is 53.1 Å². The number of nitrogens with zero attached hydrogens (tertiary/aromatic N) is 4. The Morgan fingerprint density at radius 1 is 1.29 bits per heavy atom. The molecule has 2 amide bonds. The van der Waals surface area contributed by atoms with Gasteiger partial charge in [-0.3, -0.25) is 14.7 Å². The summed E-state index contributed by atoms with van der Waals surface area (Å²) < 4.78 is 24.3. The van der Waals surface area contributed by atoms with Gasteiger partial charge in [0.15, 0.2) is 17.1 Å². The molecule has 12 heteroatoms. The number of pyridine rings is 1. The lowest BCUT2D eigenvalue weighted by Crippen LogP contribution is -2.41. The summed E-state index contributed by atoms with van der Waals surface area (Å²) in [5.41, 5.74) is 1.66. The fourth-order valence-electron chi connectivity index (χ4n) is 4.07. The molecular weight excluding hydrogens is 479 g/mol. The highest BCUT2D eigenvalue weighted by atomic mass is 35.5. The summed E-state index contributed by atoms with van der Waals surface area (Å²) in [4.78, 5) is 31.4. The third-order valence-electron chi connectivity index (χ3n) is 5.97. The number of carbonyl (C=O) groups excluding carboxylic acids is 2. The average Bonchev–Trinajstić information content (AvgIpc) is 3.52. The zero-order chi connectivity index (χ0) is 24.5. The summed E-state index contributed by atoms with van der Waals surface area (Å²) in [6.45, 7) is 0.744. The number of fused-ring (bicyclic) bond motifs is 1. The molecule has 35 heavy (non-hydrogen) atoms. The normalized spacial score (nSPS) is 14.3. The summed E-state index contributed by atoms with van der Waals surface area (Å²) in [7, 11) is 1.50. The van der Waals surface area contributed by atoms with Crippen LogP contribution in [0.25, 0.3) is 22.2 Å². The first kappa shape index (κ1) is 22.8. The van der Waals surface area contributed by atoms with Gasteiger partial charge in [0.2, 0.25) is 11.8 Å². The molecule has 5 rings (SSSR count). The van der Waals surface area contributed by atoms with Gasteiger partial charge in [-0.1, -0.05) is 22.8 Å². The number of aromatic nitrogens is 4. The van der Waals surface area contributed by atoms with E-state index in [1.54, 1.807) is 23.1 Å². The first-order valence-corrected chi connectivity index (χ1v) is 11.2. The third-order valence-corrected chi connectivity index (χ3v) is 6.27. The molecule has 180 valence electrons. The maximum absolute atomic E-state index is 14.1. The van der Waals surface area contributed by atoms with Crippen molar-refractivity contribution in [2.45, 2.75) is 12.8 Å². The molecule has 1 aromatic carbocycles. The van der Waals surface area contributed by atoms with Gasteiger partial charge in [-0.05, 0) is 31.0 Å². The number of nitrogens with one attached hydrogen (secondary N) is 2. The summed E-state index contributed by atoms with van der Waals surface area (Å²) in [6.07, 6.45) is 2.35. The summed E-state index contributed by atoms with van der Waals surface area (Å²) in [5.74, 6) is -0.989. The molecule has 0 atom stereocenters. The van der Waals surface area contributed by atoms with Gasteiger partial charge in [0.1, 0.15) is 11.2 Å². The molecule has 0 aliphatic carbocycles. The van der Waals surface area contributed by atoms with Gasteiger partial charge in [-0.2, -0.15) is 5.10 Å². The lowest BCUT2D eigenvalue weighted by molar-refractivity contribution is -0.121. The first-order valence-electron chi connectivity index (χ1n) is 10.8. The van der Waals surface area contributed by atoms with E-state index in [-0.39, 0.29) is 40.2 Å². The number of methoxy groups -OCH3 is 1. The summed E-state index contributed by atoms with van der Waals surface area (Å²) >= 11 is 6.23. The van der Waals surface area contributed by atoms with Crippen molar-refractivity contribution in [1.82, 2.24) is 25.2 Å². The van der Waals surface area contributed by atoms with E-state index in [1.807, 2.05) is 0 Å². The molecule has 1 aliphatic heterocycles. The van der Waals surface area contributed by atoms with E-state index in [2.05, 4.69) is 25.7 Å². The van der Waals surface area contributed by atoms with Crippen molar-refractivity contribution >= 4 is 40.2 Å². The molecule has 4 heterocycles. The number of carbonyl (C=O) groups is 2. The average molecular weight is 499 g/mol. The number of H-pyrrole nitrogens is 1. The van der Waals surface area contributed by atoms with Gasteiger partial charge in [0, 0.05) is 30.6 Å². The van der Waals surface area contributed by atoms with Crippen molar-refractivity contribution in [1.29, 1.82) is 0 Å². The van der Waals surface area contributed by atoms with E-state index in [0.717, 1.165) is 0 Å². The van der Waals surface area contributed by atoms with Crippen LogP contribution in [0.5, 0.6) is 5.88 Å². The predicted molar refractivity (Wildman–Crippen MR) is 125 cm³/mol. The van der Waals surface area contributed by atoms with Crippen molar-refractivity contribution in [3.63, 3.8) is 0 Å². The van der Waals surface area contributed by atoms with Crippen molar-refractivity contribution in [2.24, 2.45) is 5.92 Å². The number of ether oxygens (including phenoxy) is 1. The number of anilines is 1. The Bertz CT molecular complexity index is 1410. The maximum Gasteiger partial charge on any atom is 0.274 e. The van der Waals surface area contributed by atoms with Crippen LogP contribution in [-0.2, 0) is 4.79 Å². The largest absolute Gasteiger partial charge is 0.481 e. The molecule has 0 radical (unpaired) electrons. The van der Waals surface area contributed by atoms with E-state index in [4.69, 9.17) is 20.9 Å². The van der Waals surface area contributed by atoms with E-state index >= 15 is 0 Å². The van der Waals surface area contributed by atoms with Crippen LogP contribution in [0.4, 0.5) is 10.2 Å². The quantitative estimate of drug-likeness (QED) is 0.427. The van der Waals surface area contributed by atoms with Crippen LogP contribution < -0.4 is 10.1 Å². The van der Waals surface area contributed by atoms with Crippen LogP contribution in [0, 0.1) is 11.7 Å². The van der Waals surface area contributed by atoms with Gasteiger partial charge in [0.05, 0.1) is 24.0 Å². The molecule has 2 N–H and O–H groups in total. The number of piperidine rings is 1. The SMILES string of the molecule is COc1cc(-c2cc(C(=O)N3CCC(C(=O)Nc4noc5cccc(F)c45)CC3)n[nH]2)c(Cl)cn1. The second kappa shape index (κ2) is 9.34. The smallest absolute Gasteiger partial charge is 0.274 e. The summed E-state index contributed by atoms with van der Waals surface area (Å²) in [5, 5.41) is 13.9. The maximum atomic E-state index is 14.1. The number of hydrogen-bond acceptors (Lipinski definition) is 7. The van der Waals surface area contributed by atoms with E-state index in [9.17, 15) is 14.0 Å². The fourth-order valence-corrected chi connectivity index (χ4v) is 4.27. The predicted octanol–water partition coefficient (Wildman–Crippen LogP) is 3.90. The van der Waals surface area contributed by atoms with Crippen LogP contribution in [0.1, 0.15) is 23.3 Å². The monoisotopic (exact) mass is 498 g/mol. The molecule has 4 aromatic rings. The lowest BCUT2D eigenvalue weighted by atomic mass is 9.95. The van der Waals surface area contributed by atoms with Gasteiger partial charge < -0.3 is 19.5 Å². The number of aromatic amines is 1. The van der Waals surface area contributed by atoms with Crippen molar-refractivity contribution in [3.8, 4) is 17.1 Å². The topological polar surface area (TPSA) is 126 Å². The standard InChI is InChI=1S/C23H20ClFN6O4/c1-34-19-9-13(14(24)11-26-19)16-10-17(29-28-16)23(33)31-7-5-12(6-8-31)22(32)27-21-20-15(25)3-2-4-18(20)35-30-21/h2-4,9-12H,5-8H2,1H3,(H,28,29)(H,27,30,32). The Kier molecular flexibility index (Phi) is 6.08. The van der Waals surface area contributed by atoms with Gasteiger partial charge >= 0.3 is 0 Å². The van der Waals surface area contributed by atoms with Gasteiger partial charge in [-0.25, -0.2) is 9.37 Å². The molecular formula is C23H20ClFN6O4. The molecule has 10 nitrogen and oxygen atoms in total. The molecule has 1 aliphatic rings. The number of halogens is 2. The number of amides is 2. The molecule has 1 saturated heterocycles. The lowest BCUT2D eigenvalue weighted by Gasteiger charge is -2.30. The number of rotatable bonds is 5. The van der Waals surface area contributed by atoms with Crippen molar-refractivity contribution < 1.29 is 23.2 Å². The highest BCUT2D eigenvalue weighted by molar-refractivity contribution is 6.33. The fraction of sp³-hybridized carbons (Fsp3) is 0.261. The zero-order valence-electron chi connectivity index (χ0n) is 18.5. The van der Waals surface area contributed by atoms with Gasteiger partial charge in [-0.15, -0.1) is 0 Å². The number of benzene rings is 1. The van der Waals surface area contributed by atoms with E-state index < -0.39 is 5.82 Å². The Balaban J connectivity index is 1.22. The minimum absolute atomic E-state index is 0.0528. The molecule has 0 spiro atoms. The molecule has 0 bridgehead atoms. The highest BCUT2D eigenvalue weighted by Crippen LogP contribution is 2.30. The number of hydrogen-bond donors (Lipinski definition) is 2. The Morgan fingerprint density at radius 3 is 2.86 bits per heavy atom. The van der Waals surface area contributed by atoms with Crippen LogP contribution in [0.2, 0.25) is 5.02 Å². The minimum Gasteiger partial charge on any atom is -0.481 e. The van der Waals surface area contributed by atoms with E-state index in [0.29, 0.717) is 48.1 Å². The minimum atomic E-state index is -0.524. The van der Waals surface area contributed by atoms with Crippen molar-refractivity contribution in [2.75, 3.05) is 25.5 Å². The third kappa shape index (κ3) is 4.42. The van der Waals surface area contributed by atoms with Crippen LogP contribution >= 0.6 is 11.6 Å². The van der Waals surface area contributed by atoms with E-state index in [1.165, 1.54) is 25.4 Å². The molecule has 3 aromatic heterocycles. The summed E-state index contributed by atoms with van der Waals surface area (Å²) in [6, 6.07) is 7.62. The second-order valence-electron chi connectivity index (χ2n) is 8.07. The van der Waals surface area contributed by atoms with Crippen LogP contribution in [0.3, 0.4) is 0 Å². The van der Waals surface area contributed by atoms with Crippen LogP contribution in [-0.4, -0.2) is 57.3 Å². The highest BCUT2D eigenvalue weighted by Gasteiger charge is 2.30. The Morgan fingerprint density at radius 2 is 2.09 bits per heavy atom. The molecule has 1 fully saturated rings. The first-order chi connectivity index (χ1) is 16.9. The molecule has 0 saturated carbocycles. The number of likely N-dealkylation sites (tertiary alicyclic amines) is 1. The second-order valence-corrected chi connectivity index (χ2v) is 8.48.